The summed E-state index contributed by atoms with van der Waals surface area (Å²) in [6.07, 6.45) is 19.8. The molecule has 0 amide bonds. The Morgan fingerprint density at radius 1 is 0.800 bits per heavy atom. The summed E-state index contributed by atoms with van der Waals surface area (Å²) < 4.78 is 9.60. The third kappa shape index (κ3) is 17.0. The third-order valence-electron chi connectivity index (χ3n) is 4.00. The number of hydrogen-bond acceptors (Lipinski definition) is 4. The molecule has 0 aromatic heterocycles. The zero-order chi connectivity index (χ0) is 18.8. The topological polar surface area (TPSA) is 52.6 Å². The van der Waals surface area contributed by atoms with E-state index in [1.165, 1.54) is 90.4 Å². The Morgan fingerprint density at radius 2 is 1.32 bits per heavy atom. The molecule has 0 aromatic rings. The minimum atomic E-state index is -0.465. The largest absolute Gasteiger partial charge is 0.466 e. The summed E-state index contributed by atoms with van der Waals surface area (Å²) >= 11 is 0. The summed E-state index contributed by atoms with van der Waals surface area (Å²) in [5.74, 6) is -0.447. The highest BCUT2D eigenvalue weighted by Gasteiger charge is 2.00. The van der Waals surface area contributed by atoms with Gasteiger partial charge in [-0.3, -0.25) is 4.79 Å². The Kier molecular flexibility index (Phi) is 16.2. The Morgan fingerprint density at radius 3 is 1.80 bits per heavy atom. The number of methoxy groups -OCH3 is 1. The minimum absolute atomic E-state index is 0.389. The van der Waals surface area contributed by atoms with Gasteiger partial charge in [-0.15, -0.1) is 0 Å². The van der Waals surface area contributed by atoms with E-state index in [1.807, 2.05) is 6.08 Å². The van der Waals surface area contributed by atoms with Crippen molar-refractivity contribution in [3.8, 4) is 0 Å². The van der Waals surface area contributed by atoms with Gasteiger partial charge in [-0.25, -0.2) is 4.79 Å². The van der Waals surface area contributed by atoms with Crippen LogP contribution in [-0.4, -0.2) is 19.0 Å². The maximum Gasteiger partial charge on any atom is 0.330 e. The van der Waals surface area contributed by atoms with Gasteiger partial charge in [-0.2, -0.15) is 0 Å². The predicted molar refractivity (Wildman–Crippen MR) is 102 cm³/mol. The van der Waals surface area contributed by atoms with Gasteiger partial charge in [0.1, 0.15) is 5.76 Å². The van der Waals surface area contributed by atoms with Crippen molar-refractivity contribution in [2.75, 3.05) is 7.11 Å². The molecular weight excluding hydrogens is 316 g/mol. The first-order chi connectivity index (χ1) is 12.1. The van der Waals surface area contributed by atoms with Crippen molar-refractivity contribution in [2.24, 2.45) is 0 Å². The predicted octanol–water partition coefficient (Wildman–Crippen LogP) is 5.86. The molecule has 0 saturated carbocycles. The van der Waals surface area contributed by atoms with E-state index in [0.717, 1.165) is 12.8 Å². The number of unbranched alkanes of at least 4 members (excludes halogenated alkanes) is 11. The van der Waals surface area contributed by atoms with Crippen LogP contribution >= 0.6 is 0 Å². The summed E-state index contributed by atoms with van der Waals surface area (Å²) in [5, 5.41) is 0. The number of rotatable bonds is 15. The fourth-order valence-corrected chi connectivity index (χ4v) is 2.58. The van der Waals surface area contributed by atoms with E-state index in [1.54, 1.807) is 0 Å². The van der Waals surface area contributed by atoms with Gasteiger partial charge < -0.3 is 9.47 Å². The van der Waals surface area contributed by atoms with E-state index in [4.69, 9.17) is 4.74 Å². The highest BCUT2D eigenvalue weighted by Crippen LogP contribution is 2.13. The molecule has 0 bridgehead atoms. The molecule has 0 aliphatic carbocycles. The lowest BCUT2D eigenvalue weighted by Gasteiger charge is -2.03. The van der Waals surface area contributed by atoms with Gasteiger partial charge >= 0.3 is 11.9 Å². The molecule has 0 heterocycles. The second-order valence-electron chi connectivity index (χ2n) is 6.38. The van der Waals surface area contributed by atoms with Crippen LogP contribution in [0.15, 0.2) is 24.0 Å². The van der Waals surface area contributed by atoms with Gasteiger partial charge in [0.2, 0.25) is 0 Å². The zero-order valence-electron chi connectivity index (χ0n) is 16.4. The fourth-order valence-electron chi connectivity index (χ4n) is 2.58. The van der Waals surface area contributed by atoms with Crippen LogP contribution in [-0.2, 0) is 19.1 Å². The van der Waals surface area contributed by atoms with Gasteiger partial charge in [0.05, 0.1) is 7.11 Å². The second kappa shape index (κ2) is 17.2. The highest BCUT2D eigenvalue weighted by molar-refractivity contribution is 5.82. The van der Waals surface area contributed by atoms with Crippen LogP contribution in [0.2, 0.25) is 0 Å². The normalized spacial score (nSPS) is 11.7. The maximum absolute atomic E-state index is 11.1. The van der Waals surface area contributed by atoms with Crippen molar-refractivity contribution < 1.29 is 19.1 Å². The van der Waals surface area contributed by atoms with E-state index >= 15 is 0 Å². The maximum atomic E-state index is 11.1. The molecule has 0 saturated heterocycles. The SMILES string of the molecule is CCCCCCCCCCCCCC=C(C=CC(=O)OC)OC(C)=O. The Bertz CT molecular complexity index is 410. The van der Waals surface area contributed by atoms with Crippen LogP contribution in [0.25, 0.3) is 0 Å². The van der Waals surface area contributed by atoms with Gasteiger partial charge in [0, 0.05) is 13.0 Å². The number of ether oxygens (including phenoxy) is 2. The fraction of sp³-hybridized carbons (Fsp3) is 0.714. The lowest BCUT2D eigenvalue weighted by molar-refractivity contribution is -0.137. The van der Waals surface area contributed by atoms with Crippen molar-refractivity contribution in [2.45, 2.75) is 90.9 Å². The van der Waals surface area contributed by atoms with Crippen molar-refractivity contribution in [3.05, 3.63) is 24.0 Å². The monoisotopic (exact) mass is 352 g/mol. The van der Waals surface area contributed by atoms with Crippen molar-refractivity contribution in [1.29, 1.82) is 0 Å². The van der Waals surface area contributed by atoms with Crippen LogP contribution in [0.4, 0.5) is 0 Å². The molecule has 0 rings (SSSR count). The van der Waals surface area contributed by atoms with Gasteiger partial charge in [0.25, 0.3) is 0 Å². The lowest BCUT2D eigenvalue weighted by atomic mass is 10.1. The number of hydrogen-bond donors (Lipinski definition) is 0. The number of carbonyl (C=O) groups excluding carboxylic acids is 2. The summed E-state index contributed by atoms with van der Waals surface area (Å²) in [6, 6.07) is 0. The lowest BCUT2D eigenvalue weighted by Crippen LogP contribution is -1.99. The molecule has 0 aliphatic heterocycles. The van der Waals surface area contributed by atoms with E-state index < -0.39 is 5.97 Å². The highest BCUT2D eigenvalue weighted by atomic mass is 16.5. The van der Waals surface area contributed by atoms with Crippen molar-refractivity contribution in [1.82, 2.24) is 0 Å². The van der Waals surface area contributed by atoms with E-state index in [-0.39, 0.29) is 5.97 Å². The van der Waals surface area contributed by atoms with E-state index in [9.17, 15) is 9.59 Å². The van der Waals surface area contributed by atoms with Gasteiger partial charge in [0.15, 0.2) is 0 Å². The first kappa shape index (κ1) is 23.4. The summed E-state index contributed by atoms with van der Waals surface area (Å²) in [5.41, 5.74) is 0. The quantitative estimate of drug-likeness (QED) is 0.122. The Hall–Kier alpha value is -1.58. The zero-order valence-corrected chi connectivity index (χ0v) is 16.4. The average Bonchev–Trinajstić information content (AvgIpc) is 2.59. The van der Waals surface area contributed by atoms with Crippen LogP contribution < -0.4 is 0 Å². The molecule has 4 nitrogen and oxygen atoms in total. The second-order valence-corrected chi connectivity index (χ2v) is 6.38. The molecule has 4 heteroatoms. The van der Waals surface area contributed by atoms with Crippen LogP contribution in [0, 0.1) is 0 Å². The Balaban J connectivity index is 3.78. The first-order valence-corrected chi connectivity index (χ1v) is 9.74. The number of esters is 2. The molecule has 0 atom stereocenters. The average molecular weight is 353 g/mol. The van der Waals surface area contributed by atoms with E-state index in [0.29, 0.717) is 5.76 Å². The summed E-state index contributed by atoms with van der Waals surface area (Å²) in [7, 11) is 1.31. The molecule has 25 heavy (non-hydrogen) atoms. The van der Waals surface area contributed by atoms with Crippen LogP contribution in [0.3, 0.4) is 0 Å². The molecule has 0 fully saturated rings. The number of carbonyl (C=O) groups is 2. The smallest absolute Gasteiger partial charge is 0.330 e. The molecule has 0 radical (unpaired) electrons. The first-order valence-electron chi connectivity index (χ1n) is 9.74. The Labute approximate surface area is 153 Å². The molecule has 0 unspecified atom stereocenters. The standard InChI is InChI=1S/C21H36O4/c1-4-5-6-7-8-9-10-11-12-13-14-15-16-20(25-19(2)22)17-18-21(23)24-3/h16-18H,4-15H2,1-3H3. The summed E-state index contributed by atoms with van der Waals surface area (Å²) in [4.78, 5) is 22.2. The van der Waals surface area contributed by atoms with Gasteiger partial charge in [-0.1, -0.05) is 71.1 Å². The molecule has 0 N–H and O–H groups in total. The minimum Gasteiger partial charge on any atom is -0.466 e. The van der Waals surface area contributed by atoms with Gasteiger partial charge in [-0.05, 0) is 25.0 Å². The molecular formula is C21H36O4. The molecule has 144 valence electrons. The van der Waals surface area contributed by atoms with Crippen LogP contribution in [0.5, 0.6) is 0 Å². The molecule has 0 aromatic carbocycles. The number of allylic oxidation sites excluding steroid dienone is 2. The van der Waals surface area contributed by atoms with Crippen LogP contribution in [0.1, 0.15) is 90.9 Å². The molecule has 0 aliphatic rings. The van der Waals surface area contributed by atoms with E-state index in [2.05, 4.69) is 11.7 Å². The van der Waals surface area contributed by atoms with Crippen molar-refractivity contribution >= 4 is 11.9 Å². The molecule has 0 spiro atoms. The van der Waals surface area contributed by atoms with Crippen molar-refractivity contribution in [3.63, 3.8) is 0 Å². The summed E-state index contributed by atoms with van der Waals surface area (Å²) in [6.45, 7) is 3.60. The third-order valence-corrected chi connectivity index (χ3v) is 4.00.